The van der Waals surface area contributed by atoms with Gasteiger partial charge < -0.3 is 24.4 Å². The molecule has 0 saturated carbocycles. The molecule has 0 aromatic carbocycles. The lowest BCUT2D eigenvalue weighted by atomic mass is 10.3. The summed E-state index contributed by atoms with van der Waals surface area (Å²) < 4.78 is 15.1. The van der Waals surface area contributed by atoms with Gasteiger partial charge in [0, 0.05) is 13.7 Å². The molecule has 0 spiro atoms. The van der Waals surface area contributed by atoms with Gasteiger partial charge in [-0.2, -0.15) is 0 Å². The summed E-state index contributed by atoms with van der Waals surface area (Å²) >= 11 is 0. The van der Waals surface area contributed by atoms with Crippen molar-refractivity contribution in [1.82, 2.24) is 0 Å². The molecule has 0 aliphatic carbocycles. The predicted molar refractivity (Wildman–Crippen MR) is 51.2 cm³/mol. The van der Waals surface area contributed by atoms with Crippen LogP contribution in [0.3, 0.4) is 0 Å². The van der Waals surface area contributed by atoms with E-state index in [4.69, 9.17) is 24.4 Å². The first kappa shape index (κ1) is 13.8. The highest BCUT2D eigenvalue weighted by Gasteiger charge is 2.00. The molecule has 5 nitrogen and oxygen atoms in total. The number of aliphatic hydroxyl groups is 2. The molecule has 0 aromatic rings. The Hall–Kier alpha value is -0.200. The normalized spacial score (nSPS) is 13.1. The molecule has 0 bridgehead atoms. The molecule has 2 N–H and O–H groups in total. The summed E-state index contributed by atoms with van der Waals surface area (Å²) in [5.74, 6) is 0. The summed E-state index contributed by atoms with van der Waals surface area (Å²) in [6, 6.07) is 0. The molecule has 0 amide bonds. The minimum atomic E-state index is -0.676. The van der Waals surface area contributed by atoms with E-state index < -0.39 is 6.10 Å². The van der Waals surface area contributed by atoms with Crippen molar-refractivity contribution in [1.29, 1.82) is 0 Å². The lowest BCUT2D eigenvalue weighted by Gasteiger charge is -2.07. The Bertz CT molecular complexity index is 109. The quantitative estimate of drug-likeness (QED) is 0.470. The second-order valence-corrected chi connectivity index (χ2v) is 2.84. The fraction of sp³-hybridized carbons (Fsp3) is 1.00. The average molecular weight is 208 g/mol. The maximum absolute atomic E-state index is 8.95. The van der Waals surface area contributed by atoms with Gasteiger partial charge in [-0.25, -0.2) is 0 Å². The van der Waals surface area contributed by atoms with Gasteiger partial charge in [0.05, 0.1) is 39.1 Å². The first-order chi connectivity index (χ1) is 6.81. The van der Waals surface area contributed by atoms with Gasteiger partial charge in [0.15, 0.2) is 0 Å². The van der Waals surface area contributed by atoms with Crippen molar-refractivity contribution in [3.05, 3.63) is 0 Å². The van der Waals surface area contributed by atoms with Crippen LogP contribution >= 0.6 is 0 Å². The maximum atomic E-state index is 8.95. The number of hydrogen-bond donors (Lipinski definition) is 2. The average Bonchev–Trinajstić information content (AvgIpc) is 2.21. The summed E-state index contributed by atoms with van der Waals surface area (Å²) in [6.07, 6.45) is -0.224. The Kier molecular flexibility index (Phi) is 10.7. The van der Waals surface area contributed by atoms with Crippen molar-refractivity contribution in [3.8, 4) is 0 Å². The number of rotatable bonds is 10. The summed E-state index contributed by atoms with van der Waals surface area (Å²) in [7, 11) is 1.62. The molecule has 0 aromatic heterocycles. The summed E-state index contributed by atoms with van der Waals surface area (Å²) in [5, 5.41) is 17.4. The van der Waals surface area contributed by atoms with Gasteiger partial charge in [-0.1, -0.05) is 0 Å². The first-order valence-corrected chi connectivity index (χ1v) is 4.74. The zero-order valence-electron chi connectivity index (χ0n) is 8.65. The highest BCUT2D eigenvalue weighted by atomic mass is 16.5. The fourth-order valence-electron chi connectivity index (χ4n) is 0.775. The molecule has 86 valence electrons. The smallest absolute Gasteiger partial charge is 0.0792 e. The van der Waals surface area contributed by atoms with Gasteiger partial charge in [0.25, 0.3) is 0 Å². The molecule has 0 aliphatic rings. The lowest BCUT2D eigenvalue weighted by molar-refractivity contribution is 0.00920. The topological polar surface area (TPSA) is 68.2 Å². The summed E-state index contributed by atoms with van der Waals surface area (Å²) in [4.78, 5) is 0. The second kappa shape index (κ2) is 10.9. The van der Waals surface area contributed by atoms with Crippen molar-refractivity contribution in [3.63, 3.8) is 0 Å². The van der Waals surface area contributed by atoms with Crippen LogP contribution in [0.4, 0.5) is 0 Å². The van der Waals surface area contributed by atoms with Crippen LogP contribution in [0.25, 0.3) is 0 Å². The molecule has 0 rings (SSSR count). The highest BCUT2D eigenvalue weighted by Crippen LogP contribution is 1.90. The van der Waals surface area contributed by atoms with Crippen LogP contribution in [0.15, 0.2) is 0 Å². The van der Waals surface area contributed by atoms with E-state index >= 15 is 0 Å². The molecule has 0 radical (unpaired) electrons. The van der Waals surface area contributed by atoms with E-state index in [-0.39, 0.29) is 6.61 Å². The number of methoxy groups -OCH3 is 1. The SMILES string of the molecule is COCCOCCOCCC(O)CO. The molecule has 14 heavy (non-hydrogen) atoms. The van der Waals surface area contributed by atoms with Crippen LogP contribution in [0.5, 0.6) is 0 Å². The Balaban J connectivity index is 2.92. The summed E-state index contributed by atoms with van der Waals surface area (Å²) in [5.41, 5.74) is 0. The van der Waals surface area contributed by atoms with E-state index in [0.717, 1.165) is 0 Å². The molecule has 0 aliphatic heterocycles. The van der Waals surface area contributed by atoms with Gasteiger partial charge >= 0.3 is 0 Å². The van der Waals surface area contributed by atoms with E-state index in [2.05, 4.69) is 0 Å². The molecular weight excluding hydrogens is 188 g/mol. The molecule has 0 heterocycles. The first-order valence-electron chi connectivity index (χ1n) is 4.74. The molecule has 0 saturated heterocycles. The van der Waals surface area contributed by atoms with Crippen LogP contribution < -0.4 is 0 Å². The minimum Gasteiger partial charge on any atom is -0.394 e. The van der Waals surface area contributed by atoms with Crippen molar-refractivity contribution >= 4 is 0 Å². The predicted octanol–water partition coefficient (Wildman–Crippen LogP) is -0.591. The van der Waals surface area contributed by atoms with Crippen LogP contribution in [0, 0.1) is 0 Å². The van der Waals surface area contributed by atoms with Gasteiger partial charge in [0.1, 0.15) is 0 Å². The van der Waals surface area contributed by atoms with Crippen LogP contribution in [-0.2, 0) is 14.2 Å². The van der Waals surface area contributed by atoms with Crippen molar-refractivity contribution in [2.45, 2.75) is 12.5 Å². The van der Waals surface area contributed by atoms with E-state index in [1.54, 1.807) is 7.11 Å². The van der Waals surface area contributed by atoms with E-state index in [1.165, 1.54) is 0 Å². The third-order valence-corrected chi connectivity index (χ3v) is 1.61. The zero-order valence-corrected chi connectivity index (χ0v) is 8.65. The molecule has 0 fully saturated rings. The maximum Gasteiger partial charge on any atom is 0.0792 e. The van der Waals surface area contributed by atoms with Crippen molar-refractivity contribution in [2.75, 3.05) is 46.8 Å². The lowest BCUT2D eigenvalue weighted by Crippen LogP contribution is -2.16. The van der Waals surface area contributed by atoms with Crippen LogP contribution in [0.2, 0.25) is 0 Å². The molecular formula is C9H20O5. The van der Waals surface area contributed by atoms with Crippen LogP contribution in [0.1, 0.15) is 6.42 Å². The number of hydrogen-bond acceptors (Lipinski definition) is 5. The van der Waals surface area contributed by atoms with Gasteiger partial charge in [-0.05, 0) is 6.42 Å². The Labute approximate surface area is 84.6 Å². The Morgan fingerprint density at radius 1 is 1.00 bits per heavy atom. The molecule has 5 heteroatoms. The third kappa shape index (κ3) is 9.88. The van der Waals surface area contributed by atoms with E-state index in [0.29, 0.717) is 39.5 Å². The highest BCUT2D eigenvalue weighted by molar-refractivity contribution is 4.50. The van der Waals surface area contributed by atoms with E-state index in [1.807, 2.05) is 0 Å². The van der Waals surface area contributed by atoms with Gasteiger partial charge in [-0.15, -0.1) is 0 Å². The Morgan fingerprint density at radius 3 is 2.14 bits per heavy atom. The molecule has 1 unspecified atom stereocenters. The second-order valence-electron chi connectivity index (χ2n) is 2.84. The van der Waals surface area contributed by atoms with Crippen molar-refractivity contribution in [2.24, 2.45) is 0 Å². The number of ether oxygens (including phenoxy) is 3. The third-order valence-electron chi connectivity index (χ3n) is 1.61. The molecule has 1 atom stereocenters. The van der Waals surface area contributed by atoms with Gasteiger partial charge in [-0.3, -0.25) is 0 Å². The van der Waals surface area contributed by atoms with Crippen LogP contribution in [-0.4, -0.2) is 63.1 Å². The minimum absolute atomic E-state index is 0.215. The zero-order chi connectivity index (χ0) is 10.6. The fourth-order valence-corrected chi connectivity index (χ4v) is 0.775. The standard InChI is InChI=1S/C9H20O5/c1-12-4-5-14-7-6-13-3-2-9(11)8-10/h9-11H,2-8H2,1H3. The monoisotopic (exact) mass is 208 g/mol. The van der Waals surface area contributed by atoms with Gasteiger partial charge in [0.2, 0.25) is 0 Å². The Morgan fingerprint density at radius 2 is 1.57 bits per heavy atom. The van der Waals surface area contributed by atoms with Crippen molar-refractivity contribution < 1.29 is 24.4 Å². The van der Waals surface area contributed by atoms with E-state index in [9.17, 15) is 0 Å². The largest absolute Gasteiger partial charge is 0.394 e. The number of aliphatic hydroxyl groups excluding tert-OH is 2. The summed E-state index contributed by atoms with van der Waals surface area (Å²) in [6.45, 7) is 2.41.